The predicted octanol–water partition coefficient (Wildman–Crippen LogP) is 19.1. The van der Waals surface area contributed by atoms with Gasteiger partial charge in [-0.2, -0.15) is 0 Å². The highest BCUT2D eigenvalue weighted by Crippen LogP contribution is 2.18. The van der Waals surface area contributed by atoms with Gasteiger partial charge >= 0.3 is 17.9 Å². The normalized spacial score (nSPS) is 12.1. The maximum Gasteiger partial charge on any atom is 0.306 e. The van der Waals surface area contributed by atoms with E-state index in [1.54, 1.807) is 0 Å². The highest BCUT2D eigenvalue weighted by atomic mass is 16.6. The first-order valence-corrected chi connectivity index (χ1v) is 29.1. The largest absolute Gasteiger partial charge is 0.462 e. The highest BCUT2D eigenvalue weighted by molar-refractivity contribution is 5.71. The van der Waals surface area contributed by atoms with Crippen molar-refractivity contribution >= 4 is 17.9 Å². The third-order valence-corrected chi connectivity index (χ3v) is 13.4. The Morgan fingerprint density at radius 2 is 0.446 bits per heavy atom. The molecular weight excluding hydrogens is 805 g/mol. The number of ether oxygens (including phenoxy) is 3. The maximum atomic E-state index is 12.8. The highest BCUT2D eigenvalue weighted by Gasteiger charge is 2.19. The molecule has 6 heteroatoms. The predicted molar refractivity (Wildman–Crippen MR) is 279 cm³/mol. The first-order valence-electron chi connectivity index (χ1n) is 29.1. The van der Waals surface area contributed by atoms with Crippen molar-refractivity contribution in [1.82, 2.24) is 0 Å². The third-order valence-electron chi connectivity index (χ3n) is 13.4. The summed E-state index contributed by atoms with van der Waals surface area (Å²) in [6.07, 6.45) is 52.4. The van der Waals surface area contributed by atoms with E-state index in [2.05, 4.69) is 41.5 Å². The number of rotatable bonds is 52. The van der Waals surface area contributed by atoms with Crippen molar-refractivity contribution in [2.75, 3.05) is 13.2 Å². The summed E-state index contributed by atoms with van der Waals surface area (Å²) >= 11 is 0. The molecule has 0 aromatic carbocycles. The summed E-state index contributed by atoms with van der Waals surface area (Å²) in [5.74, 6) is 1.66. The van der Waals surface area contributed by atoms with Crippen LogP contribution in [0.4, 0.5) is 0 Å². The lowest BCUT2D eigenvalue weighted by molar-refractivity contribution is -0.167. The van der Waals surface area contributed by atoms with Crippen LogP contribution in [0.1, 0.15) is 324 Å². The molecule has 0 aliphatic heterocycles. The summed E-state index contributed by atoms with van der Waals surface area (Å²) in [6, 6.07) is 0. The van der Waals surface area contributed by atoms with E-state index in [0.29, 0.717) is 19.3 Å². The zero-order valence-corrected chi connectivity index (χ0v) is 44.8. The molecule has 0 aromatic rings. The summed E-state index contributed by atoms with van der Waals surface area (Å²) in [6.45, 7) is 13.8. The van der Waals surface area contributed by atoms with Crippen molar-refractivity contribution < 1.29 is 28.6 Å². The fraction of sp³-hybridized carbons (Fsp3) is 0.949. The molecule has 0 saturated heterocycles. The lowest BCUT2D eigenvalue weighted by Crippen LogP contribution is -2.30. The van der Waals surface area contributed by atoms with Gasteiger partial charge in [-0.15, -0.1) is 0 Å². The van der Waals surface area contributed by atoms with Gasteiger partial charge in [-0.1, -0.05) is 286 Å². The van der Waals surface area contributed by atoms with Gasteiger partial charge in [-0.25, -0.2) is 0 Å². The van der Waals surface area contributed by atoms with Gasteiger partial charge in [0.25, 0.3) is 0 Å². The van der Waals surface area contributed by atoms with E-state index in [1.165, 1.54) is 205 Å². The monoisotopic (exact) mass is 919 g/mol. The zero-order chi connectivity index (χ0) is 47.7. The Hall–Kier alpha value is -1.59. The van der Waals surface area contributed by atoms with Crippen molar-refractivity contribution in [2.24, 2.45) is 17.8 Å². The molecule has 0 radical (unpaired) electrons. The Labute approximate surface area is 406 Å². The summed E-state index contributed by atoms with van der Waals surface area (Å²) in [7, 11) is 0. The van der Waals surface area contributed by atoms with Crippen molar-refractivity contribution in [3.63, 3.8) is 0 Å². The number of carbonyl (C=O) groups is 3. The van der Waals surface area contributed by atoms with E-state index in [9.17, 15) is 14.4 Å². The molecule has 0 saturated carbocycles. The molecule has 0 aliphatic rings. The molecule has 0 heterocycles. The average Bonchev–Trinajstić information content (AvgIpc) is 3.26. The standard InChI is InChI=1S/C59H114O6/c1-53(2)45-39-33-27-21-15-11-9-7-8-10-12-17-24-30-36-42-48-57(60)63-51-56(65-59(62)50-44-38-32-26-20-19-23-29-35-41-47-55(5)6)52-64-58(61)49-43-37-31-25-18-14-13-16-22-28-34-40-46-54(3)4/h53-56H,7-52H2,1-6H3/t56-/m0/s1. The van der Waals surface area contributed by atoms with Crippen LogP contribution in [-0.4, -0.2) is 37.2 Å². The molecule has 0 spiro atoms. The first kappa shape index (κ1) is 63.4. The summed E-state index contributed by atoms with van der Waals surface area (Å²) in [5.41, 5.74) is 0. The number of hydrogen-bond acceptors (Lipinski definition) is 6. The molecule has 6 nitrogen and oxygen atoms in total. The Morgan fingerprint density at radius 1 is 0.262 bits per heavy atom. The molecule has 0 bridgehead atoms. The van der Waals surface area contributed by atoms with Crippen LogP contribution in [0, 0.1) is 17.8 Å². The molecule has 0 aliphatic carbocycles. The van der Waals surface area contributed by atoms with Crippen LogP contribution in [0.2, 0.25) is 0 Å². The molecule has 386 valence electrons. The lowest BCUT2D eigenvalue weighted by atomic mass is 10.0. The zero-order valence-electron chi connectivity index (χ0n) is 44.8. The summed E-state index contributed by atoms with van der Waals surface area (Å²) in [5, 5.41) is 0. The van der Waals surface area contributed by atoms with Crippen LogP contribution in [-0.2, 0) is 28.6 Å². The topological polar surface area (TPSA) is 78.9 Å². The molecule has 0 aromatic heterocycles. The third kappa shape index (κ3) is 53.2. The molecule has 0 rings (SSSR count). The summed E-state index contributed by atoms with van der Waals surface area (Å²) < 4.78 is 16.9. The van der Waals surface area contributed by atoms with Gasteiger partial charge in [0.15, 0.2) is 6.10 Å². The van der Waals surface area contributed by atoms with Crippen LogP contribution < -0.4 is 0 Å². The van der Waals surface area contributed by atoms with E-state index >= 15 is 0 Å². The molecule has 1 atom stereocenters. The van der Waals surface area contributed by atoms with Crippen LogP contribution in [0.3, 0.4) is 0 Å². The average molecular weight is 920 g/mol. The fourth-order valence-corrected chi connectivity index (χ4v) is 9.00. The minimum absolute atomic E-state index is 0.0636. The van der Waals surface area contributed by atoms with Gasteiger partial charge in [0.05, 0.1) is 0 Å². The molecule has 65 heavy (non-hydrogen) atoms. The molecular formula is C59H114O6. The number of carbonyl (C=O) groups excluding carboxylic acids is 3. The smallest absolute Gasteiger partial charge is 0.306 e. The van der Waals surface area contributed by atoms with E-state index in [1.807, 2.05) is 0 Å². The van der Waals surface area contributed by atoms with Gasteiger partial charge in [0.2, 0.25) is 0 Å². The minimum atomic E-state index is -0.764. The SMILES string of the molecule is CC(C)CCCCCCCCCCCCCCCCCCC(=O)OC[C@@H](COC(=O)CCCCCCCCCCCCCCC(C)C)OC(=O)CCCCCCCCCCCCC(C)C. The van der Waals surface area contributed by atoms with E-state index < -0.39 is 6.10 Å². The Balaban J connectivity index is 4.27. The first-order chi connectivity index (χ1) is 31.6. The molecule has 0 N–H and O–H groups in total. The Kier molecular flexibility index (Phi) is 49.1. The summed E-state index contributed by atoms with van der Waals surface area (Å²) in [4.78, 5) is 38.1. The molecule has 0 unspecified atom stereocenters. The quantitative estimate of drug-likeness (QED) is 0.0344. The Bertz CT molecular complexity index is 1010. The van der Waals surface area contributed by atoms with Gasteiger partial charge < -0.3 is 14.2 Å². The van der Waals surface area contributed by atoms with E-state index in [-0.39, 0.29) is 31.1 Å². The number of hydrogen-bond donors (Lipinski definition) is 0. The number of esters is 3. The maximum absolute atomic E-state index is 12.8. The van der Waals surface area contributed by atoms with Crippen molar-refractivity contribution in [3.8, 4) is 0 Å². The minimum Gasteiger partial charge on any atom is -0.462 e. The second-order valence-electron chi connectivity index (χ2n) is 21.7. The fourth-order valence-electron chi connectivity index (χ4n) is 9.00. The van der Waals surface area contributed by atoms with Crippen molar-refractivity contribution in [1.29, 1.82) is 0 Å². The van der Waals surface area contributed by atoms with Crippen LogP contribution >= 0.6 is 0 Å². The van der Waals surface area contributed by atoms with Gasteiger partial charge in [0, 0.05) is 19.3 Å². The van der Waals surface area contributed by atoms with E-state index in [0.717, 1.165) is 75.5 Å². The van der Waals surface area contributed by atoms with Crippen molar-refractivity contribution in [3.05, 3.63) is 0 Å². The van der Waals surface area contributed by atoms with Gasteiger partial charge in [-0.3, -0.25) is 14.4 Å². The second-order valence-corrected chi connectivity index (χ2v) is 21.7. The molecule has 0 amide bonds. The van der Waals surface area contributed by atoms with Crippen LogP contribution in [0.25, 0.3) is 0 Å². The molecule has 0 fully saturated rings. The van der Waals surface area contributed by atoms with Crippen LogP contribution in [0.15, 0.2) is 0 Å². The lowest BCUT2D eigenvalue weighted by Gasteiger charge is -2.18. The van der Waals surface area contributed by atoms with Gasteiger partial charge in [0.1, 0.15) is 13.2 Å². The van der Waals surface area contributed by atoms with E-state index in [4.69, 9.17) is 14.2 Å². The van der Waals surface area contributed by atoms with Crippen LogP contribution in [0.5, 0.6) is 0 Å². The van der Waals surface area contributed by atoms with Crippen molar-refractivity contribution in [2.45, 2.75) is 330 Å². The number of unbranched alkanes of at least 4 members (excludes halogenated alkanes) is 35. The Morgan fingerprint density at radius 3 is 0.662 bits per heavy atom. The van der Waals surface area contributed by atoms with Gasteiger partial charge in [-0.05, 0) is 37.0 Å². The second kappa shape index (κ2) is 50.3.